The number of rotatable bonds is 9. The predicted octanol–water partition coefficient (Wildman–Crippen LogP) is 4.23. The van der Waals surface area contributed by atoms with Crippen molar-refractivity contribution in [1.82, 2.24) is 15.2 Å². The zero-order valence-electron chi connectivity index (χ0n) is 17.6. The molecule has 0 saturated heterocycles. The van der Waals surface area contributed by atoms with Crippen molar-refractivity contribution < 1.29 is 19.0 Å². The monoisotopic (exact) mass is 410 g/mol. The standard InChI is InChI=1S/C22H26N4O4/c1-5-28-17-12-16(13-18(29-6-2)19(17)30-7-3)21(27)24-22-23-20(25-26-22)15-10-8-14(4)9-11-15/h8-13H,5-7H2,1-4H3,(H2,23,24,25,26,27). The normalized spacial score (nSPS) is 10.5. The average Bonchev–Trinajstić information content (AvgIpc) is 3.19. The molecule has 2 N–H and O–H groups in total. The quantitative estimate of drug-likeness (QED) is 0.548. The van der Waals surface area contributed by atoms with Gasteiger partial charge in [0.2, 0.25) is 11.7 Å². The Bertz CT molecular complexity index is 972. The number of nitrogens with one attached hydrogen (secondary N) is 2. The fraction of sp³-hybridized carbons (Fsp3) is 0.318. The highest BCUT2D eigenvalue weighted by atomic mass is 16.5. The first-order valence-corrected chi connectivity index (χ1v) is 9.92. The highest BCUT2D eigenvalue weighted by Gasteiger charge is 2.19. The molecule has 0 unspecified atom stereocenters. The van der Waals surface area contributed by atoms with Crippen molar-refractivity contribution in [2.75, 3.05) is 25.1 Å². The van der Waals surface area contributed by atoms with Crippen LogP contribution in [-0.4, -0.2) is 40.9 Å². The molecule has 1 heterocycles. The molecule has 0 bridgehead atoms. The molecular formula is C22H26N4O4. The zero-order valence-corrected chi connectivity index (χ0v) is 17.6. The number of benzene rings is 2. The van der Waals surface area contributed by atoms with Crippen LogP contribution in [0.3, 0.4) is 0 Å². The summed E-state index contributed by atoms with van der Waals surface area (Å²) in [6, 6.07) is 11.1. The largest absolute Gasteiger partial charge is 0.490 e. The average molecular weight is 410 g/mol. The van der Waals surface area contributed by atoms with Gasteiger partial charge in [-0.3, -0.25) is 15.2 Å². The van der Waals surface area contributed by atoms with Crippen molar-refractivity contribution >= 4 is 11.9 Å². The van der Waals surface area contributed by atoms with Gasteiger partial charge in [0.25, 0.3) is 5.91 Å². The van der Waals surface area contributed by atoms with Gasteiger partial charge >= 0.3 is 0 Å². The van der Waals surface area contributed by atoms with E-state index in [4.69, 9.17) is 14.2 Å². The summed E-state index contributed by atoms with van der Waals surface area (Å²) in [4.78, 5) is 17.2. The van der Waals surface area contributed by atoms with Crippen molar-refractivity contribution in [1.29, 1.82) is 0 Å². The van der Waals surface area contributed by atoms with Gasteiger partial charge in [0, 0.05) is 11.1 Å². The number of amides is 1. The van der Waals surface area contributed by atoms with Gasteiger partial charge in [-0.05, 0) is 39.8 Å². The third kappa shape index (κ3) is 4.89. The molecule has 0 aliphatic rings. The Morgan fingerprint density at radius 1 is 0.967 bits per heavy atom. The van der Waals surface area contributed by atoms with Gasteiger partial charge in [0.05, 0.1) is 19.8 Å². The Hall–Kier alpha value is -3.55. The molecule has 3 rings (SSSR count). The number of ether oxygens (including phenoxy) is 3. The maximum absolute atomic E-state index is 12.8. The highest BCUT2D eigenvalue weighted by molar-refractivity contribution is 6.04. The number of aryl methyl sites for hydroxylation is 1. The van der Waals surface area contributed by atoms with E-state index in [1.54, 1.807) is 12.1 Å². The highest BCUT2D eigenvalue weighted by Crippen LogP contribution is 2.39. The van der Waals surface area contributed by atoms with E-state index in [1.165, 1.54) is 0 Å². The van der Waals surface area contributed by atoms with Crippen LogP contribution in [-0.2, 0) is 0 Å². The Balaban J connectivity index is 1.85. The Morgan fingerprint density at radius 2 is 1.57 bits per heavy atom. The third-order valence-electron chi connectivity index (χ3n) is 4.21. The first kappa shape index (κ1) is 21.2. The molecule has 8 nitrogen and oxygen atoms in total. The predicted molar refractivity (Wildman–Crippen MR) is 114 cm³/mol. The second-order valence-corrected chi connectivity index (χ2v) is 6.43. The molecule has 30 heavy (non-hydrogen) atoms. The lowest BCUT2D eigenvalue weighted by Crippen LogP contribution is -2.14. The van der Waals surface area contributed by atoms with Crippen LogP contribution in [0.2, 0.25) is 0 Å². The van der Waals surface area contributed by atoms with E-state index in [2.05, 4.69) is 20.5 Å². The van der Waals surface area contributed by atoms with Crippen molar-refractivity contribution in [2.24, 2.45) is 0 Å². The van der Waals surface area contributed by atoms with Crippen molar-refractivity contribution in [3.05, 3.63) is 47.5 Å². The minimum absolute atomic E-state index is 0.181. The number of hydrogen-bond acceptors (Lipinski definition) is 6. The van der Waals surface area contributed by atoms with Crippen LogP contribution >= 0.6 is 0 Å². The van der Waals surface area contributed by atoms with Gasteiger partial charge in [-0.1, -0.05) is 29.8 Å². The molecule has 8 heteroatoms. The van der Waals surface area contributed by atoms with Crippen LogP contribution in [0.1, 0.15) is 36.7 Å². The lowest BCUT2D eigenvalue weighted by atomic mass is 10.1. The second-order valence-electron chi connectivity index (χ2n) is 6.43. The fourth-order valence-electron chi connectivity index (χ4n) is 2.85. The number of carbonyl (C=O) groups excluding carboxylic acids is 1. The van der Waals surface area contributed by atoms with Gasteiger partial charge in [0.1, 0.15) is 0 Å². The van der Waals surface area contributed by atoms with Crippen molar-refractivity contribution in [2.45, 2.75) is 27.7 Å². The summed E-state index contributed by atoms with van der Waals surface area (Å²) in [5.74, 6) is 1.76. The van der Waals surface area contributed by atoms with E-state index < -0.39 is 0 Å². The topological polar surface area (TPSA) is 98.4 Å². The number of H-pyrrole nitrogens is 1. The van der Waals surface area contributed by atoms with Crippen LogP contribution in [0, 0.1) is 6.92 Å². The Labute approximate surface area is 175 Å². The number of aromatic nitrogens is 3. The van der Waals surface area contributed by atoms with Gasteiger partial charge in [-0.2, -0.15) is 4.98 Å². The van der Waals surface area contributed by atoms with E-state index in [0.717, 1.165) is 11.1 Å². The molecule has 0 atom stereocenters. The summed E-state index contributed by atoms with van der Waals surface area (Å²) in [5, 5.41) is 9.64. The fourth-order valence-corrected chi connectivity index (χ4v) is 2.85. The smallest absolute Gasteiger partial charge is 0.258 e. The van der Waals surface area contributed by atoms with Crippen LogP contribution in [0.4, 0.5) is 5.95 Å². The number of carbonyl (C=O) groups is 1. The Kier molecular flexibility index (Phi) is 6.90. The summed E-state index contributed by atoms with van der Waals surface area (Å²) in [5.41, 5.74) is 2.39. The molecule has 0 aliphatic carbocycles. The summed E-state index contributed by atoms with van der Waals surface area (Å²) >= 11 is 0. The van der Waals surface area contributed by atoms with E-state index in [0.29, 0.717) is 48.5 Å². The number of aromatic amines is 1. The first-order valence-electron chi connectivity index (χ1n) is 9.92. The van der Waals surface area contributed by atoms with Crippen LogP contribution < -0.4 is 19.5 Å². The molecule has 3 aromatic rings. The number of anilines is 1. The van der Waals surface area contributed by atoms with E-state index in [-0.39, 0.29) is 11.9 Å². The van der Waals surface area contributed by atoms with E-state index in [9.17, 15) is 4.79 Å². The molecule has 0 radical (unpaired) electrons. The summed E-state index contributed by atoms with van der Waals surface area (Å²) in [7, 11) is 0. The number of hydrogen-bond donors (Lipinski definition) is 2. The number of nitrogens with zero attached hydrogens (tertiary/aromatic N) is 2. The molecular weight excluding hydrogens is 384 g/mol. The maximum Gasteiger partial charge on any atom is 0.258 e. The lowest BCUT2D eigenvalue weighted by Gasteiger charge is -2.16. The summed E-state index contributed by atoms with van der Waals surface area (Å²) in [6.45, 7) is 8.92. The maximum atomic E-state index is 12.8. The van der Waals surface area contributed by atoms with Gasteiger partial charge < -0.3 is 14.2 Å². The van der Waals surface area contributed by atoms with Gasteiger partial charge in [0.15, 0.2) is 17.3 Å². The first-order chi connectivity index (χ1) is 14.5. The van der Waals surface area contributed by atoms with Crippen molar-refractivity contribution in [3.8, 4) is 28.6 Å². The molecule has 1 aromatic heterocycles. The van der Waals surface area contributed by atoms with E-state index in [1.807, 2.05) is 52.0 Å². The van der Waals surface area contributed by atoms with Crippen LogP contribution in [0.5, 0.6) is 17.2 Å². The second kappa shape index (κ2) is 9.78. The third-order valence-corrected chi connectivity index (χ3v) is 4.21. The summed E-state index contributed by atoms with van der Waals surface area (Å²) in [6.07, 6.45) is 0. The minimum atomic E-state index is -0.380. The molecule has 2 aromatic carbocycles. The van der Waals surface area contributed by atoms with Crippen molar-refractivity contribution in [3.63, 3.8) is 0 Å². The SMILES string of the molecule is CCOc1cc(C(=O)Nc2n[nH]c(-c3ccc(C)cc3)n2)cc(OCC)c1OCC. The van der Waals surface area contributed by atoms with Gasteiger partial charge in [-0.25, -0.2) is 0 Å². The van der Waals surface area contributed by atoms with Crippen LogP contribution in [0.25, 0.3) is 11.4 Å². The molecule has 0 aliphatic heterocycles. The zero-order chi connectivity index (χ0) is 21.5. The lowest BCUT2D eigenvalue weighted by molar-refractivity contribution is 0.102. The molecule has 0 saturated carbocycles. The van der Waals surface area contributed by atoms with E-state index >= 15 is 0 Å². The molecule has 158 valence electrons. The van der Waals surface area contributed by atoms with Gasteiger partial charge in [-0.15, -0.1) is 5.10 Å². The van der Waals surface area contributed by atoms with Crippen LogP contribution in [0.15, 0.2) is 36.4 Å². The minimum Gasteiger partial charge on any atom is -0.490 e. The molecule has 1 amide bonds. The molecule has 0 spiro atoms. The molecule has 0 fully saturated rings. The Morgan fingerprint density at radius 3 is 2.13 bits per heavy atom. The summed E-state index contributed by atoms with van der Waals surface area (Å²) < 4.78 is 17.0.